The van der Waals surface area contributed by atoms with E-state index in [1.54, 1.807) is 30.3 Å². The van der Waals surface area contributed by atoms with E-state index < -0.39 is 5.82 Å². The van der Waals surface area contributed by atoms with Gasteiger partial charge in [-0.05, 0) is 24.3 Å². The summed E-state index contributed by atoms with van der Waals surface area (Å²) in [7, 11) is 0. The zero-order chi connectivity index (χ0) is 15.8. The number of hydrogen-bond acceptors (Lipinski definition) is 1. The minimum absolute atomic E-state index is 0.109. The molecule has 0 fully saturated rings. The summed E-state index contributed by atoms with van der Waals surface area (Å²) < 4.78 is 24.3. The summed E-state index contributed by atoms with van der Waals surface area (Å²) in [5.41, 5.74) is 0.109. The standard InChI is InChI=1S/C7H5FO.C6H5F.2C2H6/c8-7-4-2-1-3-6(7)5-9;7-6-4-2-1-3-5-6;2*1-2/h1-5H;1-5H;2*1-2H3. The number of carbonyl (C=O) groups excluding carboxylic acids is 1. The molecule has 3 heteroatoms. The molecule has 0 aliphatic carbocycles. The number of hydrogen-bond donors (Lipinski definition) is 0. The van der Waals surface area contributed by atoms with Gasteiger partial charge in [-0.1, -0.05) is 58.0 Å². The van der Waals surface area contributed by atoms with Gasteiger partial charge in [0.15, 0.2) is 6.29 Å². The van der Waals surface area contributed by atoms with E-state index in [0.717, 1.165) is 0 Å². The maximum Gasteiger partial charge on any atom is 0.152 e. The van der Waals surface area contributed by atoms with Crippen molar-refractivity contribution in [3.05, 3.63) is 71.8 Å². The van der Waals surface area contributed by atoms with E-state index in [9.17, 15) is 13.6 Å². The van der Waals surface area contributed by atoms with Gasteiger partial charge in [0.25, 0.3) is 0 Å². The smallest absolute Gasteiger partial charge is 0.152 e. The molecule has 20 heavy (non-hydrogen) atoms. The molecule has 0 radical (unpaired) electrons. The molecule has 0 N–H and O–H groups in total. The van der Waals surface area contributed by atoms with Crippen molar-refractivity contribution in [2.45, 2.75) is 27.7 Å². The Morgan fingerprint density at radius 2 is 1.20 bits per heavy atom. The number of carbonyl (C=O) groups is 1. The van der Waals surface area contributed by atoms with Crippen LogP contribution in [0.25, 0.3) is 0 Å². The van der Waals surface area contributed by atoms with Crippen LogP contribution in [-0.4, -0.2) is 6.29 Å². The molecule has 0 aliphatic heterocycles. The molecule has 0 aliphatic rings. The van der Waals surface area contributed by atoms with E-state index in [1.807, 2.05) is 27.7 Å². The van der Waals surface area contributed by atoms with E-state index in [0.29, 0.717) is 6.29 Å². The molecule has 1 nitrogen and oxygen atoms in total. The highest BCUT2D eigenvalue weighted by Crippen LogP contribution is 2.01. The molecule has 0 amide bonds. The second kappa shape index (κ2) is 15.0. The average molecular weight is 280 g/mol. The normalized spacial score (nSPS) is 7.70. The van der Waals surface area contributed by atoms with Crippen LogP contribution in [0.15, 0.2) is 54.6 Å². The predicted octanol–water partition coefficient (Wildman–Crippen LogP) is 5.52. The zero-order valence-electron chi connectivity index (χ0n) is 12.4. The molecule has 0 saturated carbocycles. The summed E-state index contributed by atoms with van der Waals surface area (Å²) in [5.74, 6) is -0.644. The van der Waals surface area contributed by atoms with Crippen LogP contribution in [-0.2, 0) is 0 Å². The second-order valence-corrected chi connectivity index (χ2v) is 2.93. The van der Waals surface area contributed by atoms with Crippen LogP contribution in [0.3, 0.4) is 0 Å². The number of halogens is 2. The Kier molecular flexibility index (Phi) is 15.2. The van der Waals surface area contributed by atoms with Crippen LogP contribution in [0.5, 0.6) is 0 Å². The summed E-state index contributed by atoms with van der Waals surface area (Å²) in [6.45, 7) is 8.00. The molecule has 0 aromatic heterocycles. The van der Waals surface area contributed by atoms with Crippen LogP contribution in [0, 0.1) is 11.6 Å². The van der Waals surface area contributed by atoms with E-state index in [-0.39, 0.29) is 11.4 Å². The molecular formula is C17H22F2O. The summed E-state index contributed by atoms with van der Waals surface area (Å²) in [4.78, 5) is 9.99. The first-order valence-corrected chi connectivity index (χ1v) is 6.64. The molecule has 2 aromatic carbocycles. The highest BCUT2D eigenvalue weighted by atomic mass is 19.1. The third-order valence-corrected chi connectivity index (χ3v) is 1.77. The van der Waals surface area contributed by atoms with Gasteiger partial charge in [-0.2, -0.15) is 0 Å². The Balaban J connectivity index is 0. The first-order valence-electron chi connectivity index (χ1n) is 6.64. The number of aldehydes is 1. The molecule has 0 spiro atoms. The largest absolute Gasteiger partial charge is 0.298 e. The fourth-order valence-corrected chi connectivity index (χ4v) is 0.985. The van der Waals surface area contributed by atoms with Crippen molar-refractivity contribution in [2.75, 3.05) is 0 Å². The molecule has 0 bridgehead atoms. The van der Waals surface area contributed by atoms with Gasteiger partial charge in [0, 0.05) is 0 Å². The highest BCUT2D eigenvalue weighted by molar-refractivity contribution is 5.74. The van der Waals surface area contributed by atoms with Gasteiger partial charge < -0.3 is 0 Å². The molecule has 0 atom stereocenters. The van der Waals surface area contributed by atoms with Gasteiger partial charge in [-0.3, -0.25) is 4.79 Å². The van der Waals surface area contributed by atoms with Crippen LogP contribution in [0.2, 0.25) is 0 Å². The molecule has 0 heterocycles. The Morgan fingerprint density at radius 3 is 1.50 bits per heavy atom. The Bertz CT molecular complexity index is 442. The maximum absolute atomic E-state index is 12.4. The zero-order valence-corrected chi connectivity index (χ0v) is 12.4. The lowest BCUT2D eigenvalue weighted by molar-refractivity contribution is 0.112. The van der Waals surface area contributed by atoms with E-state index >= 15 is 0 Å². The van der Waals surface area contributed by atoms with Gasteiger partial charge in [0.1, 0.15) is 11.6 Å². The first-order chi connectivity index (χ1) is 9.74. The molecule has 0 unspecified atom stereocenters. The van der Waals surface area contributed by atoms with Gasteiger partial charge in [-0.25, -0.2) is 8.78 Å². The third kappa shape index (κ3) is 9.95. The van der Waals surface area contributed by atoms with Crippen LogP contribution < -0.4 is 0 Å². The minimum Gasteiger partial charge on any atom is -0.298 e. The highest BCUT2D eigenvalue weighted by Gasteiger charge is 1.94. The minimum atomic E-state index is -0.465. The van der Waals surface area contributed by atoms with Gasteiger partial charge in [-0.15, -0.1) is 0 Å². The Hall–Kier alpha value is -2.03. The lowest BCUT2D eigenvalue weighted by Crippen LogP contribution is -1.83. The molecular weight excluding hydrogens is 258 g/mol. The lowest BCUT2D eigenvalue weighted by atomic mass is 10.2. The van der Waals surface area contributed by atoms with Crippen molar-refractivity contribution in [3.63, 3.8) is 0 Å². The fraction of sp³-hybridized carbons (Fsp3) is 0.235. The van der Waals surface area contributed by atoms with Gasteiger partial charge in [0.05, 0.1) is 5.56 Å². The third-order valence-electron chi connectivity index (χ3n) is 1.77. The Morgan fingerprint density at radius 1 is 0.750 bits per heavy atom. The van der Waals surface area contributed by atoms with Crippen molar-refractivity contribution < 1.29 is 13.6 Å². The summed E-state index contributed by atoms with van der Waals surface area (Å²) in [6.07, 6.45) is 0.495. The van der Waals surface area contributed by atoms with E-state index in [4.69, 9.17) is 0 Å². The summed E-state index contributed by atoms with van der Waals surface area (Å²) in [5, 5.41) is 0. The Labute approximate surface area is 120 Å². The molecule has 2 rings (SSSR count). The number of benzene rings is 2. The molecule has 110 valence electrons. The quantitative estimate of drug-likeness (QED) is 0.629. The van der Waals surface area contributed by atoms with Crippen molar-refractivity contribution in [1.29, 1.82) is 0 Å². The monoisotopic (exact) mass is 280 g/mol. The molecule has 2 aromatic rings. The second-order valence-electron chi connectivity index (χ2n) is 2.93. The molecule has 0 saturated heterocycles. The van der Waals surface area contributed by atoms with E-state index in [1.165, 1.54) is 24.3 Å². The summed E-state index contributed by atoms with van der Waals surface area (Å²) in [6, 6.07) is 13.8. The van der Waals surface area contributed by atoms with Crippen LogP contribution >= 0.6 is 0 Å². The van der Waals surface area contributed by atoms with Crippen LogP contribution in [0.1, 0.15) is 38.1 Å². The van der Waals surface area contributed by atoms with Crippen molar-refractivity contribution in [3.8, 4) is 0 Å². The topological polar surface area (TPSA) is 17.1 Å². The van der Waals surface area contributed by atoms with Crippen molar-refractivity contribution in [2.24, 2.45) is 0 Å². The van der Waals surface area contributed by atoms with Gasteiger partial charge in [0.2, 0.25) is 0 Å². The van der Waals surface area contributed by atoms with E-state index in [2.05, 4.69) is 0 Å². The summed E-state index contributed by atoms with van der Waals surface area (Å²) >= 11 is 0. The first kappa shape index (κ1) is 20.3. The van der Waals surface area contributed by atoms with Crippen molar-refractivity contribution >= 4 is 6.29 Å². The lowest BCUT2D eigenvalue weighted by Gasteiger charge is -1.88. The van der Waals surface area contributed by atoms with Crippen molar-refractivity contribution in [1.82, 2.24) is 0 Å². The predicted molar refractivity (Wildman–Crippen MR) is 80.9 cm³/mol. The van der Waals surface area contributed by atoms with Crippen LogP contribution in [0.4, 0.5) is 8.78 Å². The average Bonchev–Trinajstić information content (AvgIpc) is 2.53. The maximum atomic E-state index is 12.4. The SMILES string of the molecule is CC.CC.Fc1ccccc1.O=Cc1ccccc1F. The number of rotatable bonds is 1. The fourth-order valence-electron chi connectivity index (χ4n) is 0.985. The van der Waals surface area contributed by atoms with Gasteiger partial charge >= 0.3 is 0 Å².